The Morgan fingerprint density at radius 3 is 2.55 bits per heavy atom. The minimum atomic E-state index is -0.218. The number of nitrogen functional groups attached to an aromatic ring is 1. The summed E-state index contributed by atoms with van der Waals surface area (Å²) in [5.74, 6) is -0.240. The molecule has 0 aromatic heterocycles. The molecule has 0 spiro atoms. The van der Waals surface area contributed by atoms with Gasteiger partial charge in [0.15, 0.2) is 0 Å². The molecule has 1 unspecified atom stereocenters. The summed E-state index contributed by atoms with van der Waals surface area (Å²) in [6.07, 6.45) is 0.702. The first-order valence-electron chi connectivity index (χ1n) is 6.56. The molecule has 2 rings (SSSR count). The third-order valence-electron chi connectivity index (χ3n) is 3.22. The van der Waals surface area contributed by atoms with E-state index >= 15 is 0 Å². The van der Waals surface area contributed by atoms with E-state index in [1.807, 2.05) is 37.3 Å². The lowest BCUT2D eigenvalue weighted by molar-refractivity contribution is -0.117. The molecular weight excluding hydrogens is 252 g/mol. The van der Waals surface area contributed by atoms with Gasteiger partial charge in [-0.25, -0.2) is 0 Å². The maximum absolute atomic E-state index is 12.4. The van der Waals surface area contributed by atoms with Gasteiger partial charge in [-0.15, -0.1) is 0 Å². The van der Waals surface area contributed by atoms with Crippen LogP contribution in [0.1, 0.15) is 24.8 Å². The van der Waals surface area contributed by atoms with E-state index in [1.54, 1.807) is 6.07 Å². The number of amides is 1. The summed E-state index contributed by atoms with van der Waals surface area (Å²) in [7, 11) is 0. The van der Waals surface area contributed by atoms with Crippen LogP contribution in [-0.2, 0) is 4.79 Å². The number of carbonyl (C=O) groups is 1. The molecule has 0 bridgehead atoms. The highest BCUT2D eigenvalue weighted by molar-refractivity contribution is 5.98. The van der Waals surface area contributed by atoms with Crippen molar-refractivity contribution in [3.63, 3.8) is 0 Å². The van der Waals surface area contributed by atoms with Crippen LogP contribution in [-0.4, -0.2) is 11.0 Å². The molecule has 0 radical (unpaired) electrons. The Morgan fingerprint density at radius 2 is 1.95 bits per heavy atom. The van der Waals surface area contributed by atoms with Gasteiger partial charge < -0.3 is 16.2 Å². The first-order valence-corrected chi connectivity index (χ1v) is 6.56. The number of hydrogen-bond acceptors (Lipinski definition) is 3. The maximum Gasteiger partial charge on any atom is 0.231 e. The second kappa shape index (κ2) is 6.10. The average molecular weight is 270 g/mol. The molecule has 0 aliphatic rings. The Labute approximate surface area is 118 Å². The summed E-state index contributed by atoms with van der Waals surface area (Å²) in [5, 5.41) is 12.1. The van der Waals surface area contributed by atoms with E-state index in [4.69, 9.17) is 5.73 Å². The quantitative estimate of drug-likeness (QED) is 0.590. The molecule has 2 aromatic carbocycles. The van der Waals surface area contributed by atoms with Crippen molar-refractivity contribution in [3.05, 3.63) is 54.1 Å². The van der Waals surface area contributed by atoms with Crippen LogP contribution in [0.3, 0.4) is 0 Å². The van der Waals surface area contributed by atoms with Crippen molar-refractivity contribution in [2.45, 2.75) is 19.3 Å². The van der Waals surface area contributed by atoms with Gasteiger partial charge in [0.05, 0.1) is 17.3 Å². The molecule has 2 aromatic rings. The minimum absolute atomic E-state index is 0.0793. The molecule has 4 N–H and O–H groups in total. The topological polar surface area (TPSA) is 75.3 Å². The smallest absolute Gasteiger partial charge is 0.231 e. The van der Waals surface area contributed by atoms with Gasteiger partial charge in [-0.3, -0.25) is 4.79 Å². The molecule has 0 saturated carbocycles. The number of phenolic OH excluding ortho intramolecular Hbond substituents is 1. The average Bonchev–Trinajstić information content (AvgIpc) is 2.44. The second-order valence-electron chi connectivity index (χ2n) is 4.63. The third kappa shape index (κ3) is 3.09. The van der Waals surface area contributed by atoms with Crippen LogP contribution in [0.4, 0.5) is 11.4 Å². The van der Waals surface area contributed by atoms with Crippen LogP contribution in [0.2, 0.25) is 0 Å². The van der Waals surface area contributed by atoms with E-state index in [-0.39, 0.29) is 17.6 Å². The minimum Gasteiger partial charge on any atom is -0.508 e. The molecule has 0 heterocycles. The Kier molecular flexibility index (Phi) is 4.25. The van der Waals surface area contributed by atoms with Crippen LogP contribution >= 0.6 is 0 Å². The molecule has 1 atom stereocenters. The lowest BCUT2D eigenvalue weighted by Gasteiger charge is -2.16. The van der Waals surface area contributed by atoms with Gasteiger partial charge >= 0.3 is 0 Å². The fourth-order valence-corrected chi connectivity index (χ4v) is 2.14. The number of nitrogens with one attached hydrogen (secondary N) is 1. The third-order valence-corrected chi connectivity index (χ3v) is 3.22. The Hall–Kier alpha value is -2.49. The molecule has 104 valence electrons. The summed E-state index contributed by atoms with van der Waals surface area (Å²) in [4.78, 5) is 12.4. The van der Waals surface area contributed by atoms with Gasteiger partial charge in [0, 0.05) is 6.07 Å². The molecule has 4 heteroatoms. The van der Waals surface area contributed by atoms with Gasteiger partial charge in [0.25, 0.3) is 0 Å². The fourth-order valence-electron chi connectivity index (χ4n) is 2.14. The van der Waals surface area contributed by atoms with Crippen molar-refractivity contribution in [2.75, 3.05) is 11.1 Å². The predicted molar refractivity (Wildman–Crippen MR) is 80.6 cm³/mol. The zero-order chi connectivity index (χ0) is 14.5. The van der Waals surface area contributed by atoms with Gasteiger partial charge in [0.2, 0.25) is 5.91 Å². The Balaban J connectivity index is 2.18. The summed E-state index contributed by atoms with van der Waals surface area (Å²) in [5.41, 5.74) is 7.62. The Morgan fingerprint density at radius 1 is 1.25 bits per heavy atom. The molecule has 20 heavy (non-hydrogen) atoms. The van der Waals surface area contributed by atoms with Crippen LogP contribution < -0.4 is 11.1 Å². The molecule has 0 aliphatic heterocycles. The van der Waals surface area contributed by atoms with Gasteiger partial charge in [-0.05, 0) is 24.1 Å². The SMILES string of the molecule is CCC(C(=O)Nc1ccc(O)cc1N)c1ccccc1. The standard InChI is InChI=1S/C16H18N2O2/c1-2-13(11-6-4-3-5-7-11)16(20)18-15-9-8-12(19)10-14(15)17/h3-10,13,19H,2,17H2,1H3,(H,18,20). The predicted octanol–water partition coefficient (Wildman–Crippen LogP) is 3.11. The number of carbonyl (C=O) groups excluding carboxylic acids is 1. The zero-order valence-electron chi connectivity index (χ0n) is 11.3. The molecule has 4 nitrogen and oxygen atoms in total. The van der Waals surface area contributed by atoms with Crippen molar-refractivity contribution >= 4 is 17.3 Å². The van der Waals surface area contributed by atoms with Crippen molar-refractivity contribution < 1.29 is 9.90 Å². The largest absolute Gasteiger partial charge is 0.508 e. The van der Waals surface area contributed by atoms with Crippen molar-refractivity contribution in [2.24, 2.45) is 0 Å². The number of phenols is 1. The van der Waals surface area contributed by atoms with Crippen molar-refractivity contribution in [3.8, 4) is 5.75 Å². The normalized spacial score (nSPS) is 11.8. The van der Waals surface area contributed by atoms with E-state index in [2.05, 4.69) is 5.32 Å². The van der Waals surface area contributed by atoms with E-state index in [1.165, 1.54) is 12.1 Å². The number of benzene rings is 2. The lowest BCUT2D eigenvalue weighted by atomic mass is 9.95. The number of hydrogen-bond donors (Lipinski definition) is 3. The maximum atomic E-state index is 12.4. The van der Waals surface area contributed by atoms with E-state index < -0.39 is 0 Å². The zero-order valence-corrected chi connectivity index (χ0v) is 11.3. The summed E-state index contributed by atoms with van der Waals surface area (Å²) in [6, 6.07) is 14.1. The van der Waals surface area contributed by atoms with Crippen molar-refractivity contribution in [1.82, 2.24) is 0 Å². The number of nitrogens with two attached hydrogens (primary N) is 1. The lowest BCUT2D eigenvalue weighted by Crippen LogP contribution is -2.21. The fraction of sp³-hybridized carbons (Fsp3) is 0.188. The molecule has 0 fully saturated rings. The monoisotopic (exact) mass is 270 g/mol. The van der Waals surface area contributed by atoms with Gasteiger partial charge in [0.1, 0.15) is 5.75 Å². The molecular formula is C16H18N2O2. The van der Waals surface area contributed by atoms with Crippen LogP contribution in [0.5, 0.6) is 5.75 Å². The number of aromatic hydroxyl groups is 1. The van der Waals surface area contributed by atoms with Crippen LogP contribution in [0.25, 0.3) is 0 Å². The molecule has 0 saturated heterocycles. The van der Waals surface area contributed by atoms with Gasteiger partial charge in [-0.1, -0.05) is 37.3 Å². The summed E-state index contributed by atoms with van der Waals surface area (Å²) >= 11 is 0. The van der Waals surface area contributed by atoms with Gasteiger partial charge in [-0.2, -0.15) is 0 Å². The first kappa shape index (κ1) is 13.9. The highest BCUT2D eigenvalue weighted by Gasteiger charge is 2.19. The highest BCUT2D eigenvalue weighted by Crippen LogP contribution is 2.26. The number of rotatable bonds is 4. The molecule has 1 amide bonds. The van der Waals surface area contributed by atoms with E-state index in [0.717, 1.165) is 5.56 Å². The van der Waals surface area contributed by atoms with E-state index in [9.17, 15) is 9.90 Å². The Bertz CT molecular complexity index is 597. The van der Waals surface area contributed by atoms with Crippen molar-refractivity contribution in [1.29, 1.82) is 0 Å². The van der Waals surface area contributed by atoms with E-state index in [0.29, 0.717) is 17.8 Å². The molecule has 0 aliphatic carbocycles. The summed E-state index contributed by atoms with van der Waals surface area (Å²) in [6.45, 7) is 1.97. The first-order chi connectivity index (χ1) is 9.61. The highest BCUT2D eigenvalue weighted by atomic mass is 16.3. The second-order valence-corrected chi connectivity index (χ2v) is 4.63. The van der Waals surface area contributed by atoms with Crippen LogP contribution in [0, 0.1) is 0 Å². The van der Waals surface area contributed by atoms with Crippen LogP contribution in [0.15, 0.2) is 48.5 Å². The summed E-state index contributed by atoms with van der Waals surface area (Å²) < 4.78 is 0. The number of anilines is 2.